The molecule has 23 heavy (non-hydrogen) atoms. The first-order valence-electron chi connectivity index (χ1n) is 7.00. The minimum absolute atomic E-state index is 0.229. The Morgan fingerprint density at radius 1 is 1.26 bits per heavy atom. The van der Waals surface area contributed by atoms with Crippen LogP contribution in [0.25, 0.3) is 6.08 Å². The van der Waals surface area contributed by atoms with E-state index in [0.717, 1.165) is 11.1 Å². The average Bonchev–Trinajstić information content (AvgIpc) is 2.59. The topological polar surface area (TPSA) is 62.1 Å². The van der Waals surface area contributed by atoms with E-state index in [-0.39, 0.29) is 6.61 Å². The highest BCUT2D eigenvalue weighted by molar-refractivity contribution is 6.32. The summed E-state index contributed by atoms with van der Waals surface area (Å²) in [5, 5.41) is 12.0. The molecular weight excluding hydrogens is 312 g/mol. The number of nitrogens with one attached hydrogen (secondary N) is 1. The smallest absolute Gasteiger partial charge is 0.407 e. The molecule has 0 spiro atoms. The van der Waals surface area contributed by atoms with Crippen LogP contribution in [0.15, 0.2) is 54.6 Å². The van der Waals surface area contributed by atoms with E-state index in [2.05, 4.69) is 11.4 Å². The van der Waals surface area contributed by atoms with Crippen LogP contribution in [-0.4, -0.2) is 12.6 Å². The van der Waals surface area contributed by atoms with Gasteiger partial charge in [-0.2, -0.15) is 5.26 Å². The Balaban J connectivity index is 1.78. The van der Waals surface area contributed by atoms with Crippen LogP contribution in [0.1, 0.15) is 16.7 Å². The molecular formula is C18H15ClN2O2. The summed E-state index contributed by atoms with van der Waals surface area (Å²) in [5.74, 6) is 0. The average molecular weight is 327 g/mol. The van der Waals surface area contributed by atoms with Crippen molar-refractivity contribution in [3.63, 3.8) is 0 Å². The van der Waals surface area contributed by atoms with Gasteiger partial charge in [-0.05, 0) is 29.3 Å². The fourth-order valence-electron chi connectivity index (χ4n) is 1.84. The number of carbonyl (C=O) groups is 1. The molecule has 0 radical (unpaired) electrons. The molecule has 1 amide bonds. The number of halogens is 1. The lowest BCUT2D eigenvalue weighted by Gasteiger charge is -2.05. The first-order valence-corrected chi connectivity index (χ1v) is 7.37. The van der Waals surface area contributed by atoms with Gasteiger partial charge in [-0.25, -0.2) is 4.79 Å². The Kier molecular flexibility index (Phi) is 6.22. The summed E-state index contributed by atoms with van der Waals surface area (Å²) in [4.78, 5) is 11.6. The number of ether oxygens (including phenoxy) is 1. The number of amides is 1. The van der Waals surface area contributed by atoms with Gasteiger partial charge < -0.3 is 10.1 Å². The van der Waals surface area contributed by atoms with Crippen molar-refractivity contribution in [1.82, 2.24) is 5.32 Å². The van der Waals surface area contributed by atoms with Gasteiger partial charge in [-0.1, -0.05) is 54.1 Å². The van der Waals surface area contributed by atoms with Crippen LogP contribution >= 0.6 is 11.6 Å². The summed E-state index contributed by atoms with van der Waals surface area (Å²) in [7, 11) is 0. The standard InChI is InChI=1S/C18H15ClN2O2/c19-17-9-8-15(12-20)11-16(17)7-4-10-21-18(22)23-13-14-5-2-1-3-6-14/h1-9,11H,10,13H2,(H,21,22). The highest BCUT2D eigenvalue weighted by atomic mass is 35.5. The predicted molar refractivity (Wildman–Crippen MR) is 89.8 cm³/mol. The van der Waals surface area contributed by atoms with E-state index in [1.54, 1.807) is 30.4 Å². The van der Waals surface area contributed by atoms with Gasteiger partial charge in [-0.3, -0.25) is 0 Å². The SMILES string of the molecule is N#Cc1ccc(Cl)c(C=CCNC(=O)OCc2ccccc2)c1. The largest absolute Gasteiger partial charge is 0.445 e. The van der Waals surface area contributed by atoms with Crippen molar-refractivity contribution in [3.05, 3.63) is 76.3 Å². The second-order valence-electron chi connectivity index (χ2n) is 4.69. The molecule has 0 aliphatic heterocycles. The zero-order chi connectivity index (χ0) is 16.5. The van der Waals surface area contributed by atoms with Gasteiger partial charge in [0.25, 0.3) is 0 Å². The van der Waals surface area contributed by atoms with Crippen LogP contribution in [-0.2, 0) is 11.3 Å². The molecule has 0 bridgehead atoms. The van der Waals surface area contributed by atoms with Crippen LogP contribution in [0.5, 0.6) is 0 Å². The van der Waals surface area contributed by atoms with Gasteiger partial charge >= 0.3 is 6.09 Å². The van der Waals surface area contributed by atoms with Gasteiger partial charge in [0.15, 0.2) is 0 Å². The van der Waals surface area contributed by atoms with Crippen molar-refractivity contribution in [2.24, 2.45) is 0 Å². The number of benzene rings is 2. The van der Waals surface area contributed by atoms with Crippen LogP contribution in [0.2, 0.25) is 5.02 Å². The molecule has 116 valence electrons. The Morgan fingerprint density at radius 3 is 2.78 bits per heavy atom. The monoisotopic (exact) mass is 326 g/mol. The van der Waals surface area contributed by atoms with Gasteiger partial charge in [-0.15, -0.1) is 0 Å². The summed E-state index contributed by atoms with van der Waals surface area (Å²) in [6.07, 6.45) is 3.00. The molecule has 0 saturated heterocycles. The molecule has 5 heteroatoms. The van der Waals surface area contributed by atoms with Crippen molar-refractivity contribution in [1.29, 1.82) is 5.26 Å². The Bertz CT molecular complexity index is 736. The molecule has 0 heterocycles. The fraction of sp³-hybridized carbons (Fsp3) is 0.111. The quantitative estimate of drug-likeness (QED) is 0.897. The molecule has 0 aliphatic carbocycles. The third-order valence-corrected chi connectivity index (χ3v) is 3.34. The number of rotatable bonds is 5. The summed E-state index contributed by atoms with van der Waals surface area (Å²) in [5.41, 5.74) is 2.19. The number of alkyl carbamates (subject to hydrolysis) is 1. The van der Waals surface area contributed by atoms with Crippen LogP contribution in [0.3, 0.4) is 0 Å². The molecule has 1 N–H and O–H groups in total. The number of hydrogen-bond donors (Lipinski definition) is 1. The second kappa shape index (κ2) is 8.62. The predicted octanol–water partition coefficient (Wildman–Crippen LogP) is 4.15. The van der Waals surface area contributed by atoms with Gasteiger partial charge in [0, 0.05) is 11.6 Å². The Labute approximate surface area is 140 Å². The zero-order valence-electron chi connectivity index (χ0n) is 12.3. The highest BCUT2D eigenvalue weighted by Crippen LogP contribution is 2.18. The first-order chi connectivity index (χ1) is 11.2. The van der Waals surface area contributed by atoms with Crippen molar-refractivity contribution >= 4 is 23.8 Å². The van der Waals surface area contributed by atoms with E-state index in [1.165, 1.54) is 0 Å². The first kappa shape index (κ1) is 16.6. The summed E-state index contributed by atoms with van der Waals surface area (Å²) >= 11 is 6.04. The third kappa shape index (κ3) is 5.50. The Hall–Kier alpha value is -2.77. The Morgan fingerprint density at radius 2 is 2.04 bits per heavy atom. The molecule has 0 fully saturated rings. The summed E-state index contributed by atoms with van der Waals surface area (Å²) < 4.78 is 5.09. The van der Waals surface area contributed by atoms with E-state index in [9.17, 15) is 4.79 Å². The van der Waals surface area contributed by atoms with Crippen LogP contribution in [0.4, 0.5) is 4.79 Å². The normalized spacial score (nSPS) is 10.3. The maximum absolute atomic E-state index is 11.6. The molecule has 2 aromatic carbocycles. The van der Waals surface area contributed by atoms with Crippen LogP contribution < -0.4 is 5.32 Å². The lowest BCUT2D eigenvalue weighted by Crippen LogP contribution is -2.24. The lowest BCUT2D eigenvalue weighted by molar-refractivity contribution is 0.141. The molecule has 0 saturated carbocycles. The maximum atomic E-state index is 11.6. The molecule has 2 aromatic rings. The van der Waals surface area contributed by atoms with E-state index in [4.69, 9.17) is 21.6 Å². The lowest BCUT2D eigenvalue weighted by atomic mass is 10.1. The highest BCUT2D eigenvalue weighted by Gasteiger charge is 2.01. The van der Waals surface area contributed by atoms with Gasteiger partial charge in [0.1, 0.15) is 6.61 Å². The molecule has 4 nitrogen and oxygen atoms in total. The van der Waals surface area contributed by atoms with E-state index < -0.39 is 6.09 Å². The molecule has 0 aliphatic rings. The number of nitriles is 1. The van der Waals surface area contributed by atoms with Crippen molar-refractivity contribution in [2.45, 2.75) is 6.61 Å². The summed E-state index contributed by atoms with van der Waals surface area (Å²) in [6.45, 7) is 0.535. The van der Waals surface area contributed by atoms with E-state index >= 15 is 0 Å². The molecule has 0 atom stereocenters. The molecule has 0 aromatic heterocycles. The van der Waals surface area contributed by atoms with E-state index in [1.807, 2.05) is 30.3 Å². The molecule has 2 rings (SSSR count). The van der Waals surface area contributed by atoms with Crippen LogP contribution in [0, 0.1) is 11.3 Å². The maximum Gasteiger partial charge on any atom is 0.407 e. The number of carbonyl (C=O) groups excluding carboxylic acids is 1. The zero-order valence-corrected chi connectivity index (χ0v) is 13.1. The van der Waals surface area contributed by atoms with Gasteiger partial charge in [0.2, 0.25) is 0 Å². The number of hydrogen-bond acceptors (Lipinski definition) is 3. The van der Waals surface area contributed by atoms with Gasteiger partial charge in [0.05, 0.1) is 11.6 Å². The van der Waals surface area contributed by atoms with Crippen molar-refractivity contribution in [3.8, 4) is 6.07 Å². The third-order valence-electron chi connectivity index (χ3n) is 3.00. The van der Waals surface area contributed by atoms with Crippen molar-refractivity contribution < 1.29 is 9.53 Å². The number of nitrogens with zero attached hydrogens (tertiary/aromatic N) is 1. The van der Waals surface area contributed by atoms with E-state index in [0.29, 0.717) is 17.1 Å². The minimum atomic E-state index is -0.490. The molecule has 0 unspecified atom stereocenters. The second-order valence-corrected chi connectivity index (χ2v) is 5.10. The van der Waals surface area contributed by atoms with Crippen molar-refractivity contribution in [2.75, 3.05) is 6.54 Å². The summed E-state index contributed by atoms with van der Waals surface area (Å²) in [6, 6.07) is 16.5. The fourth-order valence-corrected chi connectivity index (χ4v) is 2.02. The minimum Gasteiger partial charge on any atom is -0.445 e.